The van der Waals surface area contributed by atoms with Crippen molar-refractivity contribution in [1.82, 2.24) is 4.90 Å². The number of hydrogen-bond acceptors (Lipinski definition) is 2. The Morgan fingerprint density at radius 1 is 1.43 bits per heavy atom. The maximum atomic E-state index is 13.0. The van der Waals surface area contributed by atoms with E-state index in [4.69, 9.17) is 17.3 Å². The molecule has 0 saturated carbocycles. The Hall–Kier alpha value is -1.06. The molecule has 1 aliphatic rings. The lowest BCUT2D eigenvalue weighted by Crippen LogP contribution is -2.56. The number of likely N-dealkylation sites (tertiary alicyclic amines) is 1. The summed E-state index contributed by atoms with van der Waals surface area (Å²) in [5, 5.41) is 0.661. The molecule has 1 aliphatic heterocycles. The van der Waals surface area contributed by atoms with Crippen LogP contribution >= 0.6 is 11.6 Å². The van der Waals surface area contributed by atoms with Crippen LogP contribution in [0.15, 0.2) is 24.3 Å². The fraction of sp³-hybridized carbons (Fsp3) is 0.588. The number of halogens is 1. The number of carbonyl (C=O) groups excluding carboxylic acids is 1. The minimum Gasteiger partial charge on any atom is -0.341 e. The van der Waals surface area contributed by atoms with E-state index in [0.717, 1.165) is 18.5 Å². The van der Waals surface area contributed by atoms with Gasteiger partial charge in [-0.25, -0.2) is 0 Å². The van der Waals surface area contributed by atoms with Crippen molar-refractivity contribution < 1.29 is 4.79 Å². The number of rotatable bonds is 2. The smallest absolute Gasteiger partial charge is 0.232 e. The molecule has 1 saturated heterocycles. The molecule has 21 heavy (non-hydrogen) atoms. The van der Waals surface area contributed by atoms with Crippen molar-refractivity contribution in [3.05, 3.63) is 34.9 Å². The monoisotopic (exact) mass is 308 g/mol. The molecule has 1 heterocycles. The van der Waals surface area contributed by atoms with Gasteiger partial charge in [-0.05, 0) is 43.4 Å². The number of benzene rings is 1. The van der Waals surface area contributed by atoms with Gasteiger partial charge in [0.05, 0.1) is 5.41 Å². The Bertz CT molecular complexity index is 539. The summed E-state index contributed by atoms with van der Waals surface area (Å²) in [4.78, 5) is 14.9. The van der Waals surface area contributed by atoms with E-state index >= 15 is 0 Å². The second-order valence-corrected chi connectivity index (χ2v) is 7.68. The molecule has 3 nitrogen and oxygen atoms in total. The summed E-state index contributed by atoms with van der Waals surface area (Å²) in [5.74, 6) is 0.143. The average molecular weight is 309 g/mol. The zero-order chi connectivity index (χ0) is 15.8. The van der Waals surface area contributed by atoms with Crippen molar-refractivity contribution >= 4 is 17.5 Å². The van der Waals surface area contributed by atoms with E-state index in [1.54, 1.807) is 0 Å². The molecule has 4 heteroatoms. The molecule has 2 N–H and O–H groups in total. The molecule has 1 fully saturated rings. The first-order chi connectivity index (χ1) is 9.64. The van der Waals surface area contributed by atoms with Crippen molar-refractivity contribution in [2.75, 3.05) is 13.1 Å². The first-order valence-electron chi connectivity index (χ1n) is 7.45. The summed E-state index contributed by atoms with van der Waals surface area (Å²) < 4.78 is 0. The van der Waals surface area contributed by atoms with Crippen molar-refractivity contribution in [3.8, 4) is 0 Å². The highest BCUT2D eigenvalue weighted by Crippen LogP contribution is 2.33. The van der Waals surface area contributed by atoms with Crippen LogP contribution in [0.1, 0.15) is 39.7 Å². The summed E-state index contributed by atoms with van der Waals surface area (Å²) in [7, 11) is 0. The molecule has 1 unspecified atom stereocenters. The van der Waals surface area contributed by atoms with Gasteiger partial charge in [-0.15, -0.1) is 0 Å². The van der Waals surface area contributed by atoms with Gasteiger partial charge < -0.3 is 10.6 Å². The Kier molecular flexibility index (Phi) is 4.36. The van der Waals surface area contributed by atoms with Crippen molar-refractivity contribution in [2.24, 2.45) is 11.1 Å². The Balaban J connectivity index is 2.23. The third-order valence-electron chi connectivity index (χ3n) is 4.68. The lowest BCUT2D eigenvalue weighted by Gasteiger charge is -2.45. The SMILES string of the molecule is CC(C)(C(=O)N1CCC(N)C(C)(C)C1)c1cccc(Cl)c1. The number of amides is 1. The second-order valence-electron chi connectivity index (χ2n) is 7.25. The maximum absolute atomic E-state index is 13.0. The first kappa shape index (κ1) is 16.3. The molecule has 1 aromatic carbocycles. The highest BCUT2D eigenvalue weighted by atomic mass is 35.5. The lowest BCUT2D eigenvalue weighted by atomic mass is 9.77. The highest BCUT2D eigenvalue weighted by molar-refractivity contribution is 6.30. The van der Waals surface area contributed by atoms with E-state index in [-0.39, 0.29) is 17.4 Å². The Labute approximate surface area is 132 Å². The van der Waals surface area contributed by atoms with E-state index in [1.165, 1.54) is 0 Å². The Morgan fingerprint density at radius 3 is 2.67 bits per heavy atom. The van der Waals surface area contributed by atoms with E-state index in [2.05, 4.69) is 13.8 Å². The molecule has 1 atom stereocenters. The summed E-state index contributed by atoms with van der Waals surface area (Å²) >= 11 is 6.06. The predicted octanol–water partition coefficient (Wildman–Crippen LogP) is 3.20. The normalized spacial score (nSPS) is 22.2. The molecule has 0 radical (unpaired) electrons. The topological polar surface area (TPSA) is 46.3 Å². The third kappa shape index (κ3) is 3.24. The fourth-order valence-corrected chi connectivity index (χ4v) is 3.13. The van der Waals surface area contributed by atoms with E-state index in [1.807, 2.05) is 43.0 Å². The van der Waals surface area contributed by atoms with Crippen LogP contribution in [0, 0.1) is 5.41 Å². The standard InChI is InChI=1S/C17H25ClN2O/c1-16(2)11-20(9-8-14(16)19)15(21)17(3,4)12-6-5-7-13(18)10-12/h5-7,10,14H,8-9,11,19H2,1-4H3. The number of nitrogens with two attached hydrogens (primary N) is 1. The summed E-state index contributed by atoms with van der Waals surface area (Å²) in [5.41, 5.74) is 6.49. The van der Waals surface area contributed by atoms with Crippen LogP contribution in [-0.4, -0.2) is 29.9 Å². The highest BCUT2D eigenvalue weighted by Gasteiger charge is 2.40. The van der Waals surface area contributed by atoms with E-state index < -0.39 is 5.41 Å². The van der Waals surface area contributed by atoms with Crippen LogP contribution in [0.25, 0.3) is 0 Å². The van der Waals surface area contributed by atoms with Crippen LogP contribution in [0.4, 0.5) is 0 Å². The molecule has 116 valence electrons. The van der Waals surface area contributed by atoms with Crippen molar-refractivity contribution in [2.45, 2.75) is 45.6 Å². The van der Waals surface area contributed by atoms with Crippen LogP contribution in [-0.2, 0) is 10.2 Å². The molecule has 1 amide bonds. The van der Waals surface area contributed by atoms with Gasteiger partial charge in [0.2, 0.25) is 5.91 Å². The van der Waals surface area contributed by atoms with Crippen LogP contribution in [0.3, 0.4) is 0 Å². The lowest BCUT2D eigenvalue weighted by molar-refractivity contribution is -0.139. The van der Waals surface area contributed by atoms with Gasteiger partial charge in [-0.1, -0.05) is 37.6 Å². The zero-order valence-electron chi connectivity index (χ0n) is 13.3. The molecule has 0 aliphatic carbocycles. The largest absolute Gasteiger partial charge is 0.341 e. The first-order valence-corrected chi connectivity index (χ1v) is 7.83. The van der Waals surface area contributed by atoms with Gasteiger partial charge in [-0.3, -0.25) is 4.79 Å². The summed E-state index contributed by atoms with van der Waals surface area (Å²) in [6.45, 7) is 9.61. The van der Waals surface area contributed by atoms with Crippen LogP contribution in [0.5, 0.6) is 0 Å². The van der Waals surface area contributed by atoms with Crippen molar-refractivity contribution in [3.63, 3.8) is 0 Å². The number of nitrogens with zero attached hydrogens (tertiary/aromatic N) is 1. The minimum absolute atomic E-state index is 0.0433. The Morgan fingerprint density at radius 2 is 2.10 bits per heavy atom. The number of carbonyl (C=O) groups is 1. The summed E-state index contributed by atoms with van der Waals surface area (Å²) in [6.07, 6.45) is 0.852. The van der Waals surface area contributed by atoms with Crippen LogP contribution in [0.2, 0.25) is 5.02 Å². The molecular formula is C17H25ClN2O. The molecule has 0 aromatic heterocycles. The van der Waals surface area contributed by atoms with Gasteiger partial charge in [0, 0.05) is 24.2 Å². The van der Waals surface area contributed by atoms with Gasteiger partial charge in [0.25, 0.3) is 0 Å². The second kappa shape index (κ2) is 5.62. The molecule has 1 aromatic rings. The average Bonchev–Trinajstić information content (AvgIpc) is 2.41. The van der Waals surface area contributed by atoms with Crippen molar-refractivity contribution in [1.29, 1.82) is 0 Å². The molecular weight excluding hydrogens is 284 g/mol. The molecule has 2 rings (SSSR count). The van der Waals surface area contributed by atoms with Gasteiger partial charge in [-0.2, -0.15) is 0 Å². The van der Waals surface area contributed by atoms with Gasteiger partial charge in [0.15, 0.2) is 0 Å². The number of hydrogen-bond donors (Lipinski definition) is 1. The quantitative estimate of drug-likeness (QED) is 0.912. The zero-order valence-corrected chi connectivity index (χ0v) is 14.1. The fourth-order valence-electron chi connectivity index (χ4n) is 2.94. The maximum Gasteiger partial charge on any atom is 0.232 e. The van der Waals surface area contributed by atoms with E-state index in [9.17, 15) is 4.79 Å². The number of piperidine rings is 1. The van der Waals surface area contributed by atoms with Gasteiger partial charge in [0.1, 0.15) is 0 Å². The molecule has 0 spiro atoms. The predicted molar refractivity (Wildman–Crippen MR) is 87.4 cm³/mol. The van der Waals surface area contributed by atoms with Gasteiger partial charge >= 0.3 is 0 Å². The van der Waals surface area contributed by atoms with E-state index in [0.29, 0.717) is 11.6 Å². The minimum atomic E-state index is -0.581. The van der Waals surface area contributed by atoms with Crippen LogP contribution < -0.4 is 5.73 Å². The third-order valence-corrected chi connectivity index (χ3v) is 4.92. The summed E-state index contributed by atoms with van der Waals surface area (Å²) in [6, 6.07) is 7.71. The molecule has 0 bridgehead atoms.